The predicted octanol–water partition coefficient (Wildman–Crippen LogP) is 0.759. The molecular formula is C13H20N2O6S. The van der Waals surface area contributed by atoms with Gasteiger partial charge in [-0.15, -0.1) is 0 Å². The first-order valence-electron chi connectivity index (χ1n) is 6.60. The van der Waals surface area contributed by atoms with Crippen LogP contribution in [0.3, 0.4) is 0 Å². The molecule has 0 saturated carbocycles. The van der Waals surface area contributed by atoms with Gasteiger partial charge < -0.3 is 14.8 Å². The molecular weight excluding hydrogens is 312 g/mol. The van der Waals surface area contributed by atoms with Crippen molar-refractivity contribution in [1.82, 2.24) is 9.62 Å². The lowest BCUT2D eigenvalue weighted by atomic mass is 10.0. The molecule has 8 nitrogen and oxygen atoms in total. The number of nitrogens with zero attached hydrogens (tertiary/aromatic N) is 1. The Morgan fingerprint density at radius 2 is 1.95 bits per heavy atom. The standard InChI is InChI=1S/C13H20N2O6S/c1-8(2)5-10(13(17)18)14-12(16)9-6-11(21-7-9)22(19,20)15(3)4/h6-8,10H,5H2,1-4H3,(H,14,16)(H,17,18)/t10-/m1/s1. The molecule has 0 spiro atoms. The van der Waals surface area contributed by atoms with Crippen molar-refractivity contribution >= 4 is 21.9 Å². The van der Waals surface area contributed by atoms with Gasteiger partial charge in [0.2, 0.25) is 5.09 Å². The first-order valence-corrected chi connectivity index (χ1v) is 8.04. The topological polar surface area (TPSA) is 117 Å². The van der Waals surface area contributed by atoms with Crippen LogP contribution in [0.2, 0.25) is 0 Å². The molecule has 0 fully saturated rings. The van der Waals surface area contributed by atoms with Crippen molar-refractivity contribution in [1.29, 1.82) is 0 Å². The fourth-order valence-corrected chi connectivity index (χ4v) is 2.49. The molecule has 9 heteroatoms. The fourth-order valence-electron chi connectivity index (χ4n) is 1.69. The molecule has 1 amide bonds. The van der Waals surface area contributed by atoms with Crippen LogP contribution in [0.5, 0.6) is 0 Å². The summed E-state index contributed by atoms with van der Waals surface area (Å²) in [5, 5.41) is 11.1. The maximum absolute atomic E-state index is 12.0. The minimum atomic E-state index is -3.78. The molecule has 1 rings (SSSR count). The molecule has 1 atom stereocenters. The molecule has 0 saturated heterocycles. The molecule has 0 aliphatic heterocycles. The molecule has 1 aromatic rings. The number of furan rings is 1. The monoisotopic (exact) mass is 332 g/mol. The predicted molar refractivity (Wildman–Crippen MR) is 77.9 cm³/mol. The van der Waals surface area contributed by atoms with Gasteiger partial charge in [-0.25, -0.2) is 17.5 Å². The third-order valence-electron chi connectivity index (χ3n) is 2.88. The summed E-state index contributed by atoms with van der Waals surface area (Å²) in [6.45, 7) is 3.67. The number of hydrogen-bond donors (Lipinski definition) is 2. The number of nitrogens with one attached hydrogen (secondary N) is 1. The van der Waals surface area contributed by atoms with Crippen LogP contribution < -0.4 is 5.32 Å². The van der Waals surface area contributed by atoms with Crippen molar-refractivity contribution in [2.75, 3.05) is 14.1 Å². The number of carbonyl (C=O) groups excluding carboxylic acids is 1. The number of carboxylic acid groups (broad SMARTS) is 1. The van der Waals surface area contributed by atoms with Crippen LogP contribution in [0.1, 0.15) is 30.6 Å². The highest BCUT2D eigenvalue weighted by Gasteiger charge is 2.26. The van der Waals surface area contributed by atoms with Crippen molar-refractivity contribution in [3.05, 3.63) is 17.9 Å². The summed E-state index contributed by atoms with van der Waals surface area (Å²) in [5.41, 5.74) is -0.0459. The molecule has 0 bridgehead atoms. The Labute approximate surface area is 129 Å². The molecule has 0 unspecified atom stereocenters. The third-order valence-corrected chi connectivity index (χ3v) is 4.57. The van der Waals surface area contributed by atoms with E-state index < -0.39 is 27.9 Å². The molecule has 0 aliphatic rings. The highest BCUT2D eigenvalue weighted by atomic mass is 32.2. The van der Waals surface area contributed by atoms with E-state index in [0.29, 0.717) is 0 Å². The van der Waals surface area contributed by atoms with Crippen molar-refractivity contribution in [2.24, 2.45) is 5.92 Å². The Morgan fingerprint density at radius 3 is 2.41 bits per heavy atom. The van der Waals surface area contributed by atoms with E-state index in [1.165, 1.54) is 14.1 Å². The van der Waals surface area contributed by atoms with E-state index >= 15 is 0 Å². The van der Waals surface area contributed by atoms with Gasteiger partial charge in [-0.05, 0) is 12.3 Å². The van der Waals surface area contributed by atoms with Crippen LogP contribution in [0.4, 0.5) is 0 Å². The Bertz CT molecular complexity index is 647. The van der Waals surface area contributed by atoms with Crippen LogP contribution in [0.15, 0.2) is 21.8 Å². The van der Waals surface area contributed by atoms with Gasteiger partial charge in [0.1, 0.15) is 12.3 Å². The number of sulfonamides is 1. The number of hydrogen-bond acceptors (Lipinski definition) is 5. The summed E-state index contributed by atoms with van der Waals surface area (Å²) in [4.78, 5) is 23.1. The van der Waals surface area contributed by atoms with Crippen LogP contribution >= 0.6 is 0 Å². The lowest BCUT2D eigenvalue weighted by molar-refractivity contribution is -0.139. The lowest BCUT2D eigenvalue weighted by Gasteiger charge is -2.15. The van der Waals surface area contributed by atoms with E-state index in [4.69, 9.17) is 9.52 Å². The SMILES string of the molecule is CC(C)C[C@@H](NC(=O)c1coc(S(=O)(=O)N(C)C)c1)C(=O)O. The molecule has 0 aliphatic carbocycles. The quantitative estimate of drug-likeness (QED) is 0.761. The normalized spacial score (nSPS) is 13.4. The van der Waals surface area contributed by atoms with Gasteiger partial charge in [0.15, 0.2) is 0 Å². The van der Waals surface area contributed by atoms with Crippen LogP contribution in [-0.4, -0.2) is 49.8 Å². The van der Waals surface area contributed by atoms with Crippen LogP contribution in [0.25, 0.3) is 0 Å². The molecule has 0 aromatic carbocycles. The lowest BCUT2D eigenvalue weighted by Crippen LogP contribution is -2.41. The maximum Gasteiger partial charge on any atom is 0.326 e. The number of carbonyl (C=O) groups is 2. The smallest absolute Gasteiger partial charge is 0.326 e. The zero-order chi connectivity index (χ0) is 17.1. The van der Waals surface area contributed by atoms with E-state index in [-0.39, 0.29) is 23.0 Å². The van der Waals surface area contributed by atoms with Crippen molar-refractivity contribution in [2.45, 2.75) is 31.4 Å². The van der Waals surface area contributed by atoms with E-state index in [9.17, 15) is 18.0 Å². The van der Waals surface area contributed by atoms with Gasteiger partial charge in [-0.2, -0.15) is 0 Å². The summed E-state index contributed by atoms with van der Waals surface area (Å²) in [5.74, 6) is -1.76. The number of amides is 1. The van der Waals surface area contributed by atoms with E-state index in [1.54, 1.807) is 0 Å². The Hall–Kier alpha value is -1.87. The van der Waals surface area contributed by atoms with E-state index in [0.717, 1.165) is 16.6 Å². The average molecular weight is 332 g/mol. The second-order valence-electron chi connectivity index (χ2n) is 5.44. The van der Waals surface area contributed by atoms with Gasteiger partial charge in [-0.1, -0.05) is 13.8 Å². The van der Waals surface area contributed by atoms with Gasteiger partial charge in [0, 0.05) is 20.2 Å². The Morgan fingerprint density at radius 1 is 1.36 bits per heavy atom. The molecule has 22 heavy (non-hydrogen) atoms. The van der Waals surface area contributed by atoms with Crippen molar-refractivity contribution in [3.8, 4) is 0 Å². The zero-order valence-electron chi connectivity index (χ0n) is 12.9. The van der Waals surface area contributed by atoms with Crippen molar-refractivity contribution in [3.63, 3.8) is 0 Å². The summed E-state index contributed by atoms with van der Waals surface area (Å²) < 4.78 is 29.5. The minimum Gasteiger partial charge on any atom is -0.480 e. The van der Waals surface area contributed by atoms with Crippen LogP contribution in [0, 0.1) is 5.92 Å². The molecule has 2 N–H and O–H groups in total. The Kier molecular flexibility index (Phi) is 5.72. The molecule has 124 valence electrons. The fraction of sp³-hybridized carbons (Fsp3) is 0.538. The largest absolute Gasteiger partial charge is 0.480 e. The highest BCUT2D eigenvalue weighted by molar-refractivity contribution is 7.88. The number of carboxylic acids is 1. The first kappa shape index (κ1) is 18.2. The summed E-state index contributed by atoms with van der Waals surface area (Å²) >= 11 is 0. The summed E-state index contributed by atoms with van der Waals surface area (Å²) in [6, 6.07) is 0.0233. The summed E-state index contributed by atoms with van der Waals surface area (Å²) in [6.07, 6.45) is 1.25. The maximum atomic E-state index is 12.0. The number of aliphatic carboxylic acids is 1. The Balaban J connectivity index is 2.91. The van der Waals surface area contributed by atoms with Gasteiger partial charge in [-0.3, -0.25) is 4.79 Å². The average Bonchev–Trinajstić information content (AvgIpc) is 2.87. The molecule has 1 heterocycles. The van der Waals surface area contributed by atoms with Gasteiger partial charge in [0.25, 0.3) is 15.9 Å². The first-order chi connectivity index (χ1) is 10.1. The van der Waals surface area contributed by atoms with E-state index in [1.807, 2.05) is 13.8 Å². The summed E-state index contributed by atoms with van der Waals surface area (Å²) in [7, 11) is -1.11. The number of rotatable bonds is 7. The third kappa shape index (κ3) is 4.31. The second-order valence-corrected chi connectivity index (χ2v) is 7.52. The highest BCUT2D eigenvalue weighted by Crippen LogP contribution is 2.17. The zero-order valence-corrected chi connectivity index (χ0v) is 13.7. The minimum absolute atomic E-state index is 0.0459. The van der Waals surface area contributed by atoms with Gasteiger partial charge in [0.05, 0.1) is 5.56 Å². The van der Waals surface area contributed by atoms with Gasteiger partial charge >= 0.3 is 5.97 Å². The molecule has 1 aromatic heterocycles. The second kappa shape index (κ2) is 6.93. The van der Waals surface area contributed by atoms with Crippen molar-refractivity contribution < 1.29 is 27.5 Å². The van der Waals surface area contributed by atoms with Crippen LogP contribution in [-0.2, 0) is 14.8 Å². The molecule has 0 radical (unpaired) electrons. The van der Waals surface area contributed by atoms with E-state index in [2.05, 4.69) is 5.32 Å².